The molecule has 2 aliphatic rings. The van der Waals surface area contributed by atoms with Gasteiger partial charge in [0.25, 0.3) is 0 Å². The molecule has 2 aliphatic heterocycles. The highest BCUT2D eigenvalue weighted by atomic mass is 32.2. The second-order valence-electron chi connectivity index (χ2n) is 9.12. The molecule has 0 spiro atoms. The summed E-state index contributed by atoms with van der Waals surface area (Å²) in [5.41, 5.74) is -1.10. The van der Waals surface area contributed by atoms with Crippen LogP contribution < -0.4 is 21.0 Å². The van der Waals surface area contributed by atoms with E-state index in [0.717, 1.165) is 15.9 Å². The number of allylic oxidation sites excluding steroid dienone is 1. The van der Waals surface area contributed by atoms with Crippen LogP contribution in [0.5, 0.6) is 0 Å². The summed E-state index contributed by atoms with van der Waals surface area (Å²) >= 11 is 0. The Bertz CT molecular complexity index is 1280. The molecule has 180 valence electrons. The number of sulfonamides is 1. The van der Waals surface area contributed by atoms with Crippen molar-refractivity contribution >= 4 is 39.0 Å². The first-order valence-corrected chi connectivity index (χ1v) is 15.3. The van der Waals surface area contributed by atoms with E-state index in [1.54, 1.807) is 0 Å². The molecule has 0 N–H and O–H groups in total. The lowest BCUT2D eigenvalue weighted by atomic mass is 9.91. The van der Waals surface area contributed by atoms with Crippen LogP contribution in [0.4, 0.5) is 0 Å². The van der Waals surface area contributed by atoms with Crippen molar-refractivity contribution in [1.29, 1.82) is 0 Å². The maximum Gasteiger partial charge on any atom is 0.246 e. The third kappa shape index (κ3) is 3.58. The zero-order valence-corrected chi connectivity index (χ0v) is 21.3. The standard InChI is InChI=1S/C28H28NO4PS/c1-2-28-19-12-20-29(28)35(32,33)26(27(28)31)25(30)21-34(22-13-6-3-7-14-22,23-15-8-4-9-16-23)24-17-10-5-11-18-24/h3-11,13-18H,2,12,19-21H2,1H3. The van der Waals surface area contributed by atoms with Gasteiger partial charge in [0.1, 0.15) is 34.2 Å². The molecule has 5 nitrogen and oxygen atoms in total. The first-order valence-electron chi connectivity index (χ1n) is 11.9. The number of benzene rings is 3. The van der Waals surface area contributed by atoms with Crippen molar-refractivity contribution in [2.24, 2.45) is 0 Å². The maximum absolute atomic E-state index is 14.1. The van der Waals surface area contributed by atoms with Gasteiger partial charge in [-0.3, -0.25) is 4.79 Å². The van der Waals surface area contributed by atoms with E-state index in [2.05, 4.69) is 0 Å². The molecule has 5 rings (SSSR count). The molecular formula is C28H28NO4PS. The minimum absolute atomic E-state index is 0.0566. The zero-order valence-electron chi connectivity index (χ0n) is 19.6. The first kappa shape index (κ1) is 23.9. The van der Waals surface area contributed by atoms with Crippen LogP contribution in [0.2, 0.25) is 0 Å². The summed E-state index contributed by atoms with van der Waals surface area (Å²) in [6.45, 7) is 2.11. The summed E-state index contributed by atoms with van der Waals surface area (Å²) in [5, 5.41) is 16.5. The molecular weight excluding hydrogens is 477 g/mol. The summed E-state index contributed by atoms with van der Waals surface area (Å²) in [5.74, 6) is -1.10. The molecule has 1 saturated heterocycles. The Morgan fingerprint density at radius 2 is 1.34 bits per heavy atom. The summed E-state index contributed by atoms with van der Waals surface area (Å²) < 4.78 is 28.4. The third-order valence-corrected chi connectivity index (χ3v) is 13.8. The monoisotopic (exact) mass is 505 g/mol. The second kappa shape index (κ2) is 9.02. The molecule has 2 heterocycles. The summed E-state index contributed by atoms with van der Waals surface area (Å²) in [6, 6.07) is 29.4. The SMILES string of the molecule is CCC12CCCN1S(=O)(=O)C(C(=O)C[P+](c1ccccc1)(c1ccccc1)c1ccccc1)=C2[O-]. The molecule has 35 heavy (non-hydrogen) atoms. The second-order valence-corrected chi connectivity index (χ2v) is 14.4. The number of carbonyl (C=O) groups is 1. The lowest BCUT2D eigenvalue weighted by Crippen LogP contribution is -2.45. The number of carbonyl (C=O) groups excluding carboxylic acids is 1. The number of rotatable bonds is 7. The molecule has 0 saturated carbocycles. The van der Waals surface area contributed by atoms with Gasteiger partial charge in [-0.2, -0.15) is 4.31 Å². The number of Topliss-reactive ketones (excluding diaryl/α,β-unsaturated/α-hetero) is 1. The number of nitrogens with zero attached hydrogens (tertiary/aromatic N) is 1. The quantitative estimate of drug-likeness (QED) is 0.463. The molecule has 0 aromatic heterocycles. The lowest BCUT2D eigenvalue weighted by Gasteiger charge is -2.35. The fourth-order valence-electron chi connectivity index (χ4n) is 5.71. The van der Waals surface area contributed by atoms with Gasteiger partial charge in [-0.05, 0) is 55.7 Å². The molecule has 1 atom stereocenters. The number of hydrogen-bond acceptors (Lipinski definition) is 4. The van der Waals surface area contributed by atoms with Gasteiger partial charge in [0.15, 0.2) is 0 Å². The van der Waals surface area contributed by atoms with Gasteiger partial charge < -0.3 is 5.11 Å². The maximum atomic E-state index is 14.1. The Labute approximate surface area is 207 Å². The van der Waals surface area contributed by atoms with Crippen molar-refractivity contribution in [2.75, 3.05) is 12.7 Å². The van der Waals surface area contributed by atoms with Gasteiger partial charge in [-0.25, -0.2) is 8.42 Å². The Balaban J connectivity index is 1.73. The molecule has 0 amide bonds. The van der Waals surface area contributed by atoms with E-state index in [9.17, 15) is 18.3 Å². The van der Waals surface area contributed by atoms with Crippen LogP contribution in [-0.4, -0.2) is 36.8 Å². The van der Waals surface area contributed by atoms with Gasteiger partial charge in [0, 0.05) is 12.1 Å². The van der Waals surface area contributed by atoms with Gasteiger partial charge in [0.2, 0.25) is 15.8 Å². The minimum Gasteiger partial charge on any atom is -0.873 e. The van der Waals surface area contributed by atoms with Crippen molar-refractivity contribution in [2.45, 2.75) is 31.7 Å². The van der Waals surface area contributed by atoms with Crippen molar-refractivity contribution in [3.8, 4) is 0 Å². The minimum atomic E-state index is -4.13. The Hall–Kier alpha value is -2.79. The lowest BCUT2D eigenvalue weighted by molar-refractivity contribution is -0.321. The Kier molecular flexibility index (Phi) is 6.16. The Morgan fingerprint density at radius 3 is 1.74 bits per heavy atom. The first-order chi connectivity index (χ1) is 16.9. The number of fused-ring (bicyclic) bond motifs is 1. The highest BCUT2D eigenvalue weighted by Gasteiger charge is 2.57. The predicted molar refractivity (Wildman–Crippen MR) is 140 cm³/mol. The molecule has 7 heteroatoms. The van der Waals surface area contributed by atoms with Crippen LogP contribution in [0.1, 0.15) is 26.2 Å². The predicted octanol–water partition coefficient (Wildman–Crippen LogP) is 2.71. The van der Waals surface area contributed by atoms with Gasteiger partial charge in [0.05, 0.1) is 0 Å². The van der Waals surface area contributed by atoms with Crippen LogP contribution in [0, 0.1) is 0 Å². The molecule has 1 fully saturated rings. The van der Waals surface area contributed by atoms with Gasteiger partial charge >= 0.3 is 0 Å². The molecule has 0 radical (unpaired) electrons. The van der Waals surface area contributed by atoms with E-state index >= 15 is 0 Å². The van der Waals surface area contributed by atoms with E-state index in [1.165, 1.54) is 4.31 Å². The number of ketones is 1. The van der Waals surface area contributed by atoms with Crippen molar-refractivity contribution in [1.82, 2.24) is 4.31 Å². The molecule has 3 aromatic rings. The van der Waals surface area contributed by atoms with E-state index in [0.29, 0.717) is 19.3 Å². The summed E-state index contributed by atoms with van der Waals surface area (Å²) in [7, 11) is -6.74. The Morgan fingerprint density at radius 1 is 0.886 bits per heavy atom. The zero-order chi connectivity index (χ0) is 24.7. The van der Waals surface area contributed by atoms with Crippen LogP contribution in [-0.2, 0) is 14.8 Å². The topological polar surface area (TPSA) is 77.5 Å². The smallest absolute Gasteiger partial charge is 0.246 e. The molecule has 1 unspecified atom stereocenters. The fourth-order valence-corrected chi connectivity index (χ4v) is 12.0. The highest BCUT2D eigenvalue weighted by molar-refractivity contribution is 7.97. The van der Waals surface area contributed by atoms with Crippen LogP contribution in [0.15, 0.2) is 102 Å². The fraction of sp³-hybridized carbons (Fsp3) is 0.250. The average Bonchev–Trinajstić information content (AvgIpc) is 3.41. The van der Waals surface area contributed by atoms with Crippen molar-refractivity contribution < 1.29 is 18.3 Å². The van der Waals surface area contributed by atoms with Gasteiger partial charge in [-0.15, -0.1) is 0 Å². The van der Waals surface area contributed by atoms with Crippen molar-refractivity contribution in [3.63, 3.8) is 0 Å². The molecule has 0 bridgehead atoms. The van der Waals surface area contributed by atoms with E-state index in [1.807, 2.05) is 97.9 Å². The normalized spacial score (nSPS) is 21.7. The molecule has 0 aliphatic carbocycles. The van der Waals surface area contributed by atoms with E-state index in [-0.39, 0.29) is 12.7 Å². The largest absolute Gasteiger partial charge is 0.873 e. The number of hydrogen-bond donors (Lipinski definition) is 0. The molecule has 3 aromatic carbocycles. The average molecular weight is 506 g/mol. The summed E-state index contributed by atoms with van der Waals surface area (Å²) in [4.78, 5) is 13.5. The van der Waals surface area contributed by atoms with Crippen LogP contribution in [0.25, 0.3) is 0 Å². The summed E-state index contributed by atoms with van der Waals surface area (Å²) in [6.07, 6.45) is 1.42. The van der Waals surface area contributed by atoms with Crippen LogP contribution in [0.3, 0.4) is 0 Å². The van der Waals surface area contributed by atoms with Gasteiger partial charge in [-0.1, -0.05) is 67.3 Å². The van der Waals surface area contributed by atoms with E-state index < -0.39 is 39.3 Å². The third-order valence-electron chi connectivity index (χ3n) is 7.42. The highest BCUT2D eigenvalue weighted by Crippen LogP contribution is 2.57. The van der Waals surface area contributed by atoms with E-state index in [4.69, 9.17) is 0 Å². The van der Waals surface area contributed by atoms with Crippen molar-refractivity contribution in [3.05, 3.63) is 102 Å². The van der Waals surface area contributed by atoms with Crippen LogP contribution >= 0.6 is 7.26 Å².